The SMILES string of the molecule is C=COC(=O)OC[Si](C)(C)O[Si](C)(C)O[Si](C)(C)COC(=O)OC=C. The van der Waals surface area contributed by atoms with Crippen molar-refractivity contribution in [2.45, 2.75) is 39.3 Å². The molecule has 0 fully saturated rings. The van der Waals surface area contributed by atoms with Crippen LogP contribution < -0.4 is 0 Å². The van der Waals surface area contributed by atoms with E-state index in [0.717, 1.165) is 12.5 Å². The highest BCUT2D eigenvalue weighted by Gasteiger charge is 2.41. The highest BCUT2D eigenvalue weighted by molar-refractivity contribution is 6.87. The summed E-state index contributed by atoms with van der Waals surface area (Å²) >= 11 is 0. The third-order valence-electron chi connectivity index (χ3n) is 2.48. The molecule has 0 aliphatic heterocycles. The first-order valence-electron chi connectivity index (χ1n) is 7.61. The van der Waals surface area contributed by atoms with E-state index in [9.17, 15) is 9.59 Å². The smallest absolute Gasteiger partial charge is 0.435 e. The Morgan fingerprint density at radius 3 is 1.36 bits per heavy atom. The summed E-state index contributed by atoms with van der Waals surface area (Å²) in [5, 5.41) is 0. The summed E-state index contributed by atoms with van der Waals surface area (Å²) < 4.78 is 31.4. The van der Waals surface area contributed by atoms with Crippen LogP contribution in [0.15, 0.2) is 25.7 Å². The molecule has 0 spiro atoms. The number of carbonyl (C=O) groups excluding carboxylic acids is 2. The van der Waals surface area contributed by atoms with E-state index in [1.807, 2.05) is 39.3 Å². The minimum Gasteiger partial charge on any atom is -0.435 e. The second kappa shape index (κ2) is 9.91. The number of hydrogen-bond donors (Lipinski definition) is 0. The Labute approximate surface area is 152 Å². The molecule has 0 bridgehead atoms. The molecular formula is C14H28O8Si3. The third kappa shape index (κ3) is 11.7. The molecule has 0 aromatic rings. The number of hydrogen-bond acceptors (Lipinski definition) is 8. The van der Waals surface area contributed by atoms with Crippen molar-refractivity contribution in [2.75, 3.05) is 12.5 Å². The molecule has 0 aliphatic rings. The first-order chi connectivity index (χ1) is 11.3. The Bertz CT molecular complexity index is 448. The van der Waals surface area contributed by atoms with Crippen molar-refractivity contribution >= 4 is 37.5 Å². The Hall–Kier alpha value is -1.41. The summed E-state index contributed by atoms with van der Waals surface area (Å²) in [5.41, 5.74) is 0. The van der Waals surface area contributed by atoms with E-state index in [-0.39, 0.29) is 12.5 Å². The van der Waals surface area contributed by atoms with Crippen LogP contribution >= 0.6 is 0 Å². The van der Waals surface area contributed by atoms with Gasteiger partial charge < -0.3 is 27.2 Å². The zero-order valence-corrected chi connectivity index (χ0v) is 18.7. The molecule has 0 aromatic carbocycles. The maximum atomic E-state index is 11.3. The molecule has 0 saturated heterocycles. The highest BCUT2D eigenvalue weighted by atomic mass is 28.5. The van der Waals surface area contributed by atoms with Gasteiger partial charge in [0.15, 0.2) is 0 Å². The van der Waals surface area contributed by atoms with Crippen LogP contribution in [-0.4, -0.2) is 50.0 Å². The van der Waals surface area contributed by atoms with Crippen molar-refractivity contribution in [1.29, 1.82) is 0 Å². The van der Waals surface area contributed by atoms with Gasteiger partial charge in [-0.1, -0.05) is 13.2 Å². The fourth-order valence-corrected chi connectivity index (χ4v) is 14.7. The molecular weight excluding hydrogens is 380 g/mol. The third-order valence-corrected chi connectivity index (χ3v) is 12.5. The zero-order chi connectivity index (χ0) is 19.7. The van der Waals surface area contributed by atoms with Gasteiger partial charge in [-0.2, -0.15) is 0 Å². The second-order valence-electron chi connectivity index (χ2n) is 6.77. The van der Waals surface area contributed by atoms with Gasteiger partial charge in [-0.05, 0) is 39.3 Å². The summed E-state index contributed by atoms with van der Waals surface area (Å²) in [6.07, 6.45) is 0.635. The average Bonchev–Trinajstić information content (AvgIpc) is 2.41. The normalized spacial score (nSPS) is 12.1. The van der Waals surface area contributed by atoms with Crippen LogP contribution in [0, 0.1) is 0 Å². The maximum absolute atomic E-state index is 11.3. The lowest BCUT2D eigenvalue weighted by Crippen LogP contribution is -2.55. The Morgan fingerprint density at radius 1 is 0.760 bits per heavy atom. The molecule has 0 aliphatic carbocycles. The molecule has 0 amide bonds. The van der Waals surface area contributed by atoms with E-state index in [1.165, 1.54) is 0 Å². The minimum absolute atomic E-state index is 0.129. The van der Waals surface area contributed by atoms with Crippen molar-refractivity contribution in [3.05, 3.63) is 25.7 Å². The summed E-state index contributed by atoms with van der Waals surface area (Å²) in [7, 11) is -7.20. The maximum Gasteiger partial charge on any atom is 0.513 e. The highest BCUT2D eigenvalue weighted by Crippen LogP contribution is 2.21. The Balaban J connectivity index is 4.61. The average molecular weight is 409 g/mol. The molecule has 25 heavy (non-hydrogen) atoms. The van der Waals surface area contributed by atoms with Crippen molar-refractivity contribution in [3.8, 4) is 0 Å². The van der Waals surface area contributed by atoms with E-state index in [1.54, 1.807) is 0 Å². The molecule has 8 nitrogen and oxygen atoms in total. The zero-order valence-electron chi connectivity index (χ0n) is 15.7. The molecule has 0 radical (unpaired) electrons. The minimum atomic E-state index is -2.54. The van der Waals surface area contributed by atoms with Gasteiger partial charge in [0.2, 0.25) is 16.6 Å². The van der Waals surface area contributed by atoms with Gasteiger partial charge >= 0.3 is 20.9 Å². The van der Waals surface area contributed by atoms with Gasteiger partial charge in [-0.3, -0.25) is 0 Å². The van der Waals surface area contributed by atoms with Gasteiger partial charge in [0.05, 0.1) is 12.5 Å². The largest absolute Gasteiger partial charge is 0.513 e. The molecule has 0 N–H and O–H groups in total. The van der Waals surface area contributed by atoms with E-state index in [0.29, 0.717) is 0 Å². The lowest BCUT2D eigenvalue weighted by molar-refractivity contribution is 0.0948. The van der Waals surface area contributed by atoms with E-state index >= 15 is 0 Å². The second-order valence-corrected chi connectivity index (χ2v) is 18.8. The predicted octanol–water partition coefficient (Wildman–Crippen LogP) is 3.80. The lowest BCUT2D eigenvalue weighted by atomic mass is 11.1. The van der Waals surface area contributed by atoms with Crippen LogP contribution in [0.3, 0.4) is 0 Å². The lowest BCUT2D eigenvalue weighted by Gasteiger charge is -2.37. The van der Waals surface area contributed by atoms with E-state index in [4.69, 9.17) is 17.7 Å². The molecule has 0 heterocycles. The van der Waals surface area contributed by atoms with Crippen LogP contribution in [0.4, 0.5) is 9.59 Å². The molecule has 11 heteroatoms. The standard InChI is InChI=1S/C14H28O8Si3/c1-9-17-13(15)19-11-23(3,4)21-25(7,8)22-24(5,6)12-20-14(16)18-10-2/h9-10H,1-2,11-12H2,3-8H3. The van der Waals surface area contributed by atoms with E-state index < -0.39 is 37.5 Å². The number of rotatable bonds is 10. The molecule has 144 valence electrons. The van der Waals surface area contributed by atoms with Gasteiger partial charge in [0.1, 0.15) is 12.5 Å². The van der Waals surface area contributed by atoms with Gasteiger partial charge in [-0.15, -0.1) is 0 Å². The monoisotopic (exact) mass is 408 g/mol. The Kier molecular flexibility index (Phi) is 9.36. The van der Waals surface area contributed by atoms with E-state index in [2.05, 4.69) is 22.6 Å². The topological polar surface area (TPSA) is 89.5 Å². The summed E-state index contributed by atoms with van der Waals surface area (Å²) in [6, 6.07) is 0. The van der Waals surface area contributed by atoms with Gasteiger partial charge in [0, 0.05) is 0 Å². The molecule has 0 saturated carbocycles. The molecule has 0 rings (SSSR count). The van der Waals surface area contributed by atoms with Crippen molar-refractivity contribution in [1.82, 2.24) is 0 Å². The van der Waals surface area contributed by atoms with Crippen LogP contribution in [0.1, 0.15) is 0 Å². The number of carbonyl (C=O) groups is 2. The van der Waals surface area contributed by atoms with Crippen molar-refractivity contribution in [3.63, 3.8) is 0 Å². The van der Waals surface area contributed by atoms with Gasteiger partial charge in [0.25, 0.3) is 0 Å². The first kappa shape index (κ1) is 23.6. The summed E-state index contributed by atoms with van der Waals surface area (Å²) in [4.78, 5) is 22.5. The Morgan fingerprint density at radius 2 is 1.08 bits per heavy atom. The summed E-state index contributed by atoms with van der Waals surface area (Å²) in [6.45, 7) is 18.0. The van der Waals surface area contributed by atoms with Crippen molar-refractivity contribution in [2.24, 2.45) is 0 Å². The molecule has 0 aromatic heterocycles. The van der Waals surface area contributed by atoms with Crippen LogP contribution in [0.2, 0.25) is 39.3 Å². The van der Waals surface area contributed by atoms with Crippen molar-refractivity contribution < 1.29 is 36.8 Å². The van der Waals surface area contributed by atoms with Crippen LogP contribution in [0.25, 0.3) is 0 Å². The predicted molar refractivity (Wildman–Crippen MR) is 99.9 cm³/mol. The van der Waals surface area contributed by atoms with Gasteiger partial charge in [-0.25, -0.2) is 9.59 Å². The number of ether oxygens (including phenoxy) is 4. The van der Waals surface area contributed by atoms with Crippen LogP contribution in [-0.2, 0) is 27.2 Å². The quantitative estimate of drug-likeness (QED) is 0.306. The molecule has 0 atom stereocenters. The van der Waals surface area contributed by atoms with Crippen LogP contribution in [0.5, 0.6) is 0 Å². The summed E-state index contributed by atoms with van der Waals surface area (Å²) in [5.74, 6) is 0. The first-order valence-corrected chi connectivity index (χ1v) is 16.7. The fourth-order valence-electron chi connectivity index (χ4n) is 2.08. The fraction of sp³-hybridized carbons (Fsp3) is 0.571. The molecule has 0 unspecified atom stereocenters.